The van der Waals surface area contributed by atoms with Crippen molar-refractivity contribution in [3.05, 3.63) is 93.1 Å². The van der Waals surface area contributed by atoms with Crippen LogP contribution in [0.15, 0.2) is 65.7 Å². The van der Waals surface area contributed by atoms with Crippen molar-refractivity contribution in [2.24, 2.45) is 0 Å². The Morgan fingerprint density at radius 1 is 1.10 bits per heavy atom. The number of nitrogens with zero attached hydrogens (tertiary/aromatic N) is 4. The quantitative estimate of drug-likeness (QED) is 0.561. The molecule has 0 atom stereocenters. The standard InChI is InChI=1S/C21H16ClN5O2/c1-13-8-10-24-21(25-13)26-19(28)17-11-15-3-2-9-23-18(15)27(20(17)29)12-14-4-6-16(22)7-5-14/h2-11H,12H2,1H3,(H,24,25,26,28). The average molecular weight is 406 g/mol. The molecule has 29 heavy (non-hydrogen) atoms. The van der Waals surface area contributed by atoms with Crippen molar-refractivity contribution >= 4 is 34.5 Å². The largest absolute Gasteiger partial charge is 0.290 e. The molecule has 144 valence electrons. The summed E-state index contributed by atoms with van der Waals surface area (Å²) in [6.45, 7) is 2.05. The molecule has 0 aliphatic heterocycles. The van der Waals surface area contributed by atoms with Crippen LogP contribution in [0.4, 0.5) is 5.95 Å². The number of fused-ring (bicyclic) bond motifs is 1. The van der Waals surface area contributed by atoms with Gasteiger partial charge in [0.2, 0.25) is 5.95 Å². The number of halogens is 1. The van der Waals surface area contributed by atoms with E-state index in [9.17, 15) is 9.59 Å². The maximum absolute atomic E-state index is 13.1. The van der Waals surface area contributed by atoms with E-state index in [1.54, 1.807) is 49.6 Å². The lowest BCUT2D eigenvalue weighted by molar-refractivity contribution is 0.102. The van der Waals surface area contributed by atoms with E-state index in [0.717, 1.165) is 5.56 Å². The number of benzene rings is 1. The van der Waals surface area contributed by atoms with Crippen LogP contribution in [0.3, 0.4) is 0 Å². The molecule has 0 fully saturated rings. The number of hydrogen-bond donors (Lipinski definition) is 1. The van der Waals surface area contributed by atoms with E-state index < -0.39 is 11.5 Å². The van der Waals surface area contributed by atoms with Gasteiger partial charge in [0.25, 0.3) is 11.5 Å². The molecule has 0 unspecified atom stereocenters. The number of aryl methyl sites for hydroxylation is 1. The summed E-state index contributed by atoms with van der Waals surface area (Å²) in [5.41, 5.74) is 1.61. The first-order valence-corrected chi connectivity index (χ1v) is 9.23. The molecule has 1 aromatic carbocycles. The fourth-order valence-electron chi connectivity index (χ4n) is 2.97. The van der Waals surface area contributed by atoms with Crippen LogP contribution in [-0.2, 0) is 6.54 Å². The lowest BCUT2D eigenvalue weighted by atomic mass is 10.1. The zero-order valence-electron chi connectivity index (χ0n) is 15.5. The third-order valence-electron chi connectivity index (χ3n) is 4.37. The number of anilines is 1. The van der Waals surface area contributed by atoms with E-state index in [2.05, 4.69) is 20.3 Å². The van der Waals surface area contributed by atoms with Gasteiger partial charge in [0.05, 0.1) is 6.54 Å². The molecular formula is C21H16ClN5O2. The average Bonchev–Trinajstić information content (AvgIpc) is 2.71. The van der Waals surface area contributed by atoms with Crippen LogP contribution in [-0.4, -0.2) is 25.4 Å². The van der Waals surface area contributed by atoms with Crippen LogP contribution < -0.4 is 10.9 Å². The number of aromatic nitrogens is 4. The van der Waals surface area contributed by atoms with Gasteiger partial charge in [0.1, 0.15) is 11.2 Å². The van der Waals surface area contributed by atoms with E-state index in [1.165, 1.54) is 10.6 Å². The van der Waals surface area contributed by atoms with Crippen molar-refractivity contribution in [3.8, 4) is 0 Å². The van der Waals surface area contributed by atoms with Gasteiger partial charge in [-0.25, -0.2) is 15.0 Å². The number of hydrogen-bond acceptors (Lipinski definition) is 5. The van der Waals surface area contributed by atoms with Crippen molar-refractivity contribution in [1.82, 2.24) is 19.5 Å². The van der Waals surface area contributed by atoms with Gasteiger partial charge in [-0.3, -0.25) is 19.5 Å². The topological polar surface area (TPSA) is 89.8 Å². The van der Waals surface area contributed by atoms with Gasteiger partial charge in [-0.15, -0.1) is 0 Å². The van der Waals surface area contributed by atoms with Gasteiger partial charge in [-0.1, -0.05) is 23.7 Å². The number of carbonyl (C=O) groups excluding carboxylic acids is 1. The van der Waals surface area contributed by atoms with Crippen molar-refractivity contribution in [3.63, 3.8) is 0 Å². The normalized spacial score (nSPS) is 10.8. The van der Waals surface area contributed by atoms with Gasteiger partial charge in [0.15, 0.2) is 0 Å². The Kier molecular flexibility index (Phi) is 5.05. The minimum absolute atomic E-state index is 0.00966. The lowest BCUT2D eigenvalue weighted by Gasteiger charge is -2.12. The first-order chi connectivity index (χ1) is 14.0. The molecule has 0 aliphatic rings. The molecule has 0 radical (unpaired) electrons. The Labute approximate surface area is 171 Å². The predicted molar refractivity (Wildman–Crippen MR) is 111 cm³/mol. The van der Waals surface area contributed by atoms with Crippen LogP contribution in [0.5, 0.6) is 0 Å². The van der Waals surface area contributed by atoms with Gasteiger partial charge < -0.3 is 0 Å². The highest BCUT2D eigenvalue weighted by atomic mass is 35.5. The minimum Gasteiger partial charge on any atom is -0.290 e. The molecule has 0 saturated heterocycles. The summed E-state index contributed by atoms with van der Waals surface area (Å²) >= 11 is 5.95. The number of pyridine rings is 2. The zero-order chi connectivity index (χ0) is 20.4. The van der Waals surface area contributed by atoms with Crippen LogP contribution in [0, 0.1) is 6.92 Å². The summed E-state index contributed by atoms with van der Waals surface area (Å²) in [6.07, 6.45) is 3.15. The molecular weight excluding hydrogens is 390 g/mol. The first-order valence-electron chi connectivity index (χ1n) is 8.85. The van der Waals surface area contributed by atoms with Crippen LogP contribution in [0.25, 0.3) is 11.0 Å². The number of nitrogens with one attached hydrogen (secondary N) is 1. The molecule has 1 N–H and O–H groups in total. The monoisotopic (exact) mass is 405 g/mol. The maximum Gasteiger partial charge on any atom is 0.265 e. The van der Waals surface area contributed by atoms with Crippen LogP contribution in [0.2, 0.25) is 5.02 Å². The molecule has 4 rings (SSSR count). The molecule has 0 aliphatic carbocycles. The van der Waals surface area contributed by atoms with Crippen molar-refractivity contribution in [2.45, 2.75) is 13.5 Å². The van der Waals surface area contributed by atoms with Crippen LogP contribution >= 0.6 is 11.6 Å². The Balaban J connectivity index is 1.78. The van der Waals surface area contributed by atoms with E-state index in [-0.39, 0.29) is 18.1 Å². The molecule has 0 spiro atoms. The molecule has 0 saturated carbocycles. The smallest absolute Gasteiger partial charge is 0.265 e. The second kappa shape index (κ2) is 7.81. The summed E-state index contributed by atoms with van der Waals surface area (Å²) < 4.78 is 1.48. The maximum atomic E-state index is 13.1. The Bertz CT molecular complexity index is 1270. The number of carbonyl (C=O) groups is 1. The van der Waals surface area contributed by atoms with Gasteiger partial charge in [0, 0.05) is 28.5 Å². The summed E-state index contributed by atoms with van der Waals surface area (Å²) in [5, 5.41) is 3.87. The molecule has 3 aromatic heterocycles. The molecule has 7 nitrogen and oxygen atoms in total. The minimum atomic E-state index is -0.573. The zero-order valence-corrected chi connectivity index (χ0v) is 16.2. The second-order valence-electron chi connectivity index (χ2n) is 6.47. The highest BCUT2D eigenvalue weighted by molar-refractivity contribution is 6.30. The second-order valence-corrected chi connectivity index (χ2v) is 6.90. The molecule has 4 aromatic rings. The lowest BCUT2D eigenvalue weighted by Crippen LogP contribution is -2.30. The third kappa shape index (κ3) is 4.00. The first kappa shape index (κ1) is 18.8. The van der Waals surface area contributed by atoms with Gasteiger partial charge in [-0.2, -0.15) is 0 Å². The fraction of sp³-hybridized carbons (Fsp3) is 0.0952. The molecule has 3 heterocycles. The summed E-state index contributed by atoms with van der Waals surface area (Å²) in [5.74, 6) is -0.429. The molecule has 8 heteroatoms. The Morgan fingerprint density at radius 2 is 1.90 bits per heavy atom. The summed E-state index contributed by atoms with van der Waals surface area (Å²) in [4.78, 5) is 38.4. The molecule has 0 bridgehead atoms. The third-order valence-corrected chi connectivity index (χ3v) is 4.62. The number of rotatable bonds is 4. The number of amides is 1. The van der Waals surface area contributed by atoms with E-state index in [4.69, 9.17) is 11.6 Å². The van der Waals surface area contributed by atoms with Crippen molar-refractivity contribution in [2.75, 3.05) is 5.32 Å². The SMILES string of the molecule is Cc1ccnc(NC(=O)c2cc3cccnc3n(Cc3ccc(Cl)cc3)c2=O)n1. The van der Waals surface area contributed by atoms with Crippen molar-refractivity contribution in [1.29, 1.82) is 0 Å². The summed E-state index contributed by atoms with van der Waals surface area (Å²) in [7, 11) is 0. The van der Waals surface area contributed by atoms with Crippen LogP contribution in [0.1, 0.15) is 21.6 Å². The molecule has 1 amide bonds. The van der Waals surface area contributed by atoms with E-state index >= 15 is 0 Å². The van der Waals surface area contributed by atoms with Gasteiger partial charge in [-0.05, 0) is 48.9 Å². The Morgan fingerprint density at radius 3 is 2.66 bits per heavy atom. The Hall–Kier alpha value is -3.58. The fourth-order valence-corrected chi connectivity index (χ4v) is 3.09. The van der Waals surface area contributed by atoms with E-state index in [1.807, 2.05) is 12.1 Å². The van der Waals surface area contributed by atoms with Crippen molar-refractivity contribution < 1.29 is 4.79 Å². The van der Waals surface area contributed by atoms with E-state index in [0.29, 0.717) is 21.7 Å². The predicted octanol–water partition coefficient (Wildman–Crippen LogP) is 3.45. The summed E-state index contributed by atoms with van der Waals surface area (Å²) in [6, 6.07) is 14.0. The van der Waals surface area contributed by atoms with Gasteiger partial charge >= 0.3 is 0 Å². The highest BCUT2D eigenvalue weighted by Gasteiger charge is 2.17. The highest BCUT2D eigenvalue weighted by Crippen LogP contribution is 2.15.